The van der Waals surface area contributed by atoms with E-state index in [1.165, 1.54) is 84.0 Å². The lowest BCUT2D eigenvalue weighted by Crippen LogP contribution is -2.50. The van der Waals surface area contributed by atoms with E-state index < -0.39 is 98.3 Å². The van der Waals surface area contributed by atoms with Crippen LogP contribution in [0.1, 0.15) is 93.4 Å². The molecule has 0 radical (unpaired) electrons. The normalized spacial score (nSPS) is 17.7. The van der Waals surface area contributed by atoms with Crippen LogP contribution in [0, 0.1) is 27.1 Å². The number of alkyl halides is 1. The van der Waals surface area contributed by atoms with Crippen molar-refractivity contribution in [2.24, 2.45) is 27.1 Å². The molecule has 1 fully saturated rings. The van der Waals surface area contributed by atoms with E-state index in [0.29, 0.717) is 5.06 Å². The Morgan fingerprint density at radius 1 is 0.422 bits per heavy atom. The zero-order valence-electron chi connectivity index (χ0n) is 39.6. The van der Waals surface area contributed by atoms with Crippen molar-refractivity contribution in [3.05, 3.63) is 0 Å². The molecule has 1 aliphatic rings. The molecule has 1 saturated heterocycles. The zero-order valence-corrected chi connectivity index (χ0v) is 41.2. The van der Waals surface area contributed by atoms with Gasteiger partial charge >= 0.3 is 35.8 Å². The van der Waals surface area contributed by atoms with Gasteiger partial charge in [-0.3, -0.25) is 33.6 Å². The fourth-order valence-electron chi connectivity index (χ4n) is 8.06. The number of hydrogen-bond acceptors (Lipinski definition) is 19. The molecule has 0 spiro atoms. The van der Waals surface area contributed by atoms with Crippen LogP contribution in [0.2, 0.25) is 0 Å². The van der Waals surface area contributed by atoms with Crippen LogP contribution in [0.15, 0.2) is 0 Å². The summed E-state index contributed by atoms with van der Waals surface area (Å²) in [6, 6.07) is 0. The molecule has 1 heterocycles. The van der Waals surface area contributed by atoms with Crippen LogP contribution in [0.25, 0.3) is 0 Å². The minimum Gasteiger partial charge on any atom is -0.463 e. The van der Waals surface area contributed by atoms with E-state index in [9.17, 15) is 38.4 Å². The van der Waals surface area contributed by atoms with Gasteiger partial charge in [0.25, 0.3) is 11.8 Å². The van der Waals surface area contributed by atoms with Crippen LogP contribution in [0.4, 0.5) is 0 Å². The number of nitrogens with zero attached hydrogens (tertiary/aromatic N) is 1. The highest BCUT2D eigenvalue weighted by molar-refractivity contribution is 9.10. The first-order valence-corrected chi connectivity index (χ1v) is 21.6. The number of ether oxygens (including phenoxy) is 10. The Bertz CT molecular complexity index is 1590. The third-order valence-corrected chi connectivity index (χ3v) is 11.2. The van der Waals surface area contributed by atoms with E-state index in [1.54, 1.807) is 0 Å². The maximum atomic E-state index is 14.6. The molecule has 368 valence electrons. The summed E-state index contributed by atoms with van der Waals surface area (Å²) in [7, 11) is 7.05. The molecule has 0 bridgehead atoms. The maximum absolute atomic E-state index is 14.6. The van der Waals surface area contributed by atoms with Gasteiger partial charge < -0.3 is 52.2 Å². The highest BCUT2D eigenvalue weighted by Crippen LogP contribution is 2.53. The number of esters is 5. The number of carbonyl (C=O) groups is 8. The number of halogens is 1. The average Bonchev–Trinajstić information content (AvgIpc) is 3.52. The largest absolute Gasteiger partial charge is 0.463 e. The third kappa shape index (κ3) is 17.6. The second-order valence-corrected chi connectivity index (χ2v) is 19.6. The van der Waals surface area contributed by atoms with Crippen molar-refractivity contribution in [2.45, 2.75) is 97.7 Å². The van der Waals surface area contributed by atoms with Crippen LogP contribution >= 0.6 is 15.9 Å². The van der Waals surface area contributed by atoms with Crippen molar-refractivity contribution in [2.75, 3.05) is 102 Å². The van der Waals surface area contributed by atoms with Crippen molar-refractivity contribution in [3.8, 4) is 0 Å². The quantitative estimate of drug-likeness (QED) is 0.0307. The van der Waals surface area contributed by atoms with E-state index in [4.69, 9.17) is 52.2 Å². The summed E-state index contributed by atoms with van der Waals surface area (Å²) < 4.78 is 52.0. The molecule has 0 aromatic heterocycles. The number of rotatable bonds is 32. The predicted molar refractivity (Wildman–Crippen MR) is 228 cm³/mol. The maximum Gasteiger partial charge on any atom is 0.338 e. The van der Waals surface area contributed by atoms with Crippen LogP contribution < -0.4 is 0 Å². The van der Waals surface area contributed by atoms with Crippen molar-refractivity contribution in [1.82, 2.24) is 5.06 Å². The molecule has 0 saturated carbocycles. The highest BCUT2D eigenvalue weighted by Gasteiger charge is 2.57. The Morgan fingerprint density at radius 3 is 0.984 bits per heavy atom. The average molecular weight is 985 g/mol. The van der Waals surface area contributed by atoms with Gasteiger partial charge in [0.1, 0.15) is 37.4 Å². The van der Waals surface area contributed by atoms with E-state index in [2.05, 4.69) is 15.9 Å². The van der Waals surface area contributed by atoms with Crippen molar-refractivity contribution in [1.29, 1.82) is 0 Å². The van der Waals surface area contributed by atoms with Crippen molar-refractivity contribution >= 4 is 63.6 Å². The summed E-state index contributed by atoms with van der Waals surface area (Å²) in [4.78, 5) is 115. The number of hydrogen-bond donors (Lipinski definition) is 0. The zero-order chi connectivity index (χ0) is 49.0. The van der Waals surface area contributed by atoms with E-state index in [-0.39, 0.29) is 91.8 Å². The van der Waals surface area contributed by atoms with Gasteiger partial charge in [-0.2, -0.15) is 0 Å². The first-order valence-electron chi connectivity index (χ1n) is 20.8. The molecule has 21 heteroatoms. The van der Waals surface area contributed by atoms with Gasteiger partial charge in [0, 0.05) is 48.4 Å². The molecule has 0 aromatic carbocycles. The molecule has 0 aliphatic carbocycles. The Morgan fingerprint density at radius 2 is 0.688 bits per heavy atom. The molecule has 0 N–H and O–H groups in total. The summed E-state index contributed by atoms with van der Waals surface area (Å²) in [6.07, 6.45) is -2.29. The molecule has 1 rings (SSSR count). The first kappa shape index (κ1) is 58.3. The predicted octanol–water partition coefficient (Wildman–Crippen LogP) is 3.70. The topological polar surface area (TPSA) is 241 Å². The molecule has 2 amide bonds. The van der Waals surface area contributed by atoms with Crippen molar-refractivity contribution < 1.29 is 90.6 Å². The smallest absolute Gasteiger partial charge is 0.338 e. The minimum absolute atomic E-state index is 0.000367. The summed E-state index contributed by atoms with van der Waals surface area (Å²) >= 11 is 3.45. The van der Waals surface area contributed by atoms with E-state index in [1.807, 2.05) is 0 Å². The molecule has 20 nitrogen and oxygen atoms in total. The summed E-state index contributed by atoms with van der Waals surface area (Å²) in [5.41, 5.74) is -8.79. The molecule has 1 aliphatic heterocycles. The van der Waals surface area contributed by atoms with E-state index in [0.717, 1.165) is 0 Å². The number of amides is 2. The minimum atomic E-state index is -1.85. The van der Waals surface area contributed by atoms with Gasteiger partial charge in [0.05, 0.1) is 60.1 Å². The van der Waals surface area contributed by atoms with Crippen LogP contribution in [0.5, 0.6) is 0 Å². The number of methoxy groups -OCH3 is 5. The summed E-state index contributed by atoms with van der Waals surface area (Å²) in [5, 5.41) is 0.394. The number of imide groups is 1. The molecular formula is C43H70BrNO19. The Balaban J connectivity index is 4.10. The summed E-state index contributed by atoms with van der Waals surface area (Å²) in [5.74, 6) is -6.63. The fourth-order valence-corrected chi connectivity index (χ4v) is 8.80. The van der Waals surface area contributed by atoms with Crippen LogP contribution in [-0.2, 0) is 90.6 Å². The molecule has 64 heavy (non-hydrogen) atoms. The van der Waals surface area contributed by atoms with Gasteiger partial charge in [-0.05, 0) is 80.6 Å². The van der Waals surface area contributed by atoms with Crippen LogP contribution in [0.3, 0.4) is 0 Å². The molecule has 5 unspecified atom stereocenters. The van der Waals surface area contributed by atoms with Gasteiger partial charge in [-0.15, -0.1) is 5.06 Å². The molecular weight excluding hydrogens is 914 g/mol. The SMILES string of the molecule is COCCOC(=O)C(C)(Br)CC(C)(CC(C)(CC(C)(CC(C)(CC(C)(C)C(=O)ON1C(=O)CCC1=O)C(=O)OCCOC)C(=O)OCCOC)C(=O)OCCOC)C(=O)OCCOC. The Hall–Kier alpha value is -3.76. The van der Waals surface area contributed by atoms with Crippen LogP contribution in [-0.4, -0.2) is 159 Å². The number of hydroxylamine groups is 2. The third-order valence-electron chi connectivity index (χ3n) is 10.6. The second kappa shape index (κ2) is 26.4. The van der Waals surface area contributed by atoms with Gasteiger partial charge in [0.15, 0.2) is 0 Å². The van der Waals surface area contributed by atoms with E-state index >= 15 is 0 Å². The summed E-state index contributed by atoms with van der Waals surface area (Å²) in [6.45, 7) is 9.44. The molecule has 5 atom stereocenters. The lowest BCUT2D eigenvalue weighted by atomic mass is 9.59. The lowest BCUT2D eigenvalue weighted by Gasteiger charge is -2.45. The standard InChI is InChI=1S/C43H70BrNO19/c1-38(2,32(48)64-45-30(46)13-14-31(45)47)25-39(3,33(49)59-20-15-54-8)26-40(4,34(50)60-21-16-55-9)27-41(5,35(51)61-22-17-56-10)28-42(6,36(52)62-23-18-57-11)29-43(7,44)37(53)63-24-19-58-12/h13-29H2,1-12H3. The second-order valence-electron chi connectivity index (χ2n) is 17.8. The lowest BCUT2D eigenvalue weighted by molar-refractivity contribution is -0.206. The Labute approximate surface area is 384 Å². The molecule has 0 aromatic rings. The highest BCUT2D eigenvalue weighted by atomic mass is 79.9. The number of carbonyl (C=O) groups excluding carboxylic acids is 8. The van der Waals surface area contributed by atoms with Crippen molar-refractivity contribution in [3.63, 3.8) is 0 Å². The Kier molecular flexibility index (Phi) is 24.0. The van der Waals surface area contributed by atoms with Gasteiger partial charge in [-0.1, -0.05) is 15.9 Å². The van der Waals surface area contributed by atoms with Gasteiger partial charge in [-0.25, -0.2) is 4.79 Å². The van der Waals surface area contributed by atoms with Gasteiger partial charge in [0.2, 0.25) is 0 Å². The monoisotopic (exact) mass is 983 g/mol. The first-order chi connectivity index (χ1) is 29.8. The fraction of sp³-hybridized carbons (Fsp3) is 0.814.